The van der Waals surface area contributed by atoms with Crippen LogP contribution in [0.4, 0.5) is 0 Å². The van der Waals surface area contributed by atoms with Crippen molar-refractivity contribution in [1.29, 1.82) is 0 Å². The fraction of sp³-hybridized carbons (Fsp3) is 0. The highest BCUT2D eigenvalue weighted by molar-refractivity contribution is 7.94. The quantitative estimate of drug-likeness (QED) is 0.103. The largest absolute Gasteiger partial charge is 0.294 e. The van der Waals surface area contributed by atoms with E-state index in [0.29, 0.717) is 65.1 Å². The topological polar surface area (TPSA) is 162 Å². The molecule has 4 aromatic heterocycles. The molecule has 14 heteroatoms. The van der Waals surface area contributed by atoms with E-state index in [1.54, 1.807) is 42.5 Å². The maximum absolute atomic E-state index is 13.8. The first kappa shape index (κ1) is 23.4. The van der Waals surface area contributed by atoms with Gasteiger partial charge in [0, 0.05) is 37.2 Å². The molecule has 0 aliphatic carbocycles. The van der Waals surface area contributed by atoms with Crippen molar-refractivity contribution in [2.75, 3.05) is 0 Å². The van der Waals surface area contributed by atoms with Crippen LogP contribution in [0.2, 0.25) is 0 Å². The molecule has 0 atom stereocenters. The average molecular weight is 573 g/mol. The highest BCUT2D eigenvalue weighted by Crippen LogP contribution is 2.37. The first-order valence-corrected chi connectivity index (χ1v) is 13.8. The molecule has 0 bridgehead atoms. The van der Waals surface area contributed by atoms with E-state index in [0.717, 1.165) is 12.0 Å². The number of benzene rings is 4. The van der Waals surface area contributed by atoms with E-state index in [-0.39, 0.29) is 21.5 Å². The predicted molar refractivity (Wildman–Crippen MR) is 147 cm³/mol. The van der Waals surface area contributed by atoms with Gasteiger partial charge in [0.1, 0.15) is 11.3 Å². The van der Waals surface area contributed by atoms with Gasteiger partial charge in [0.15, 0.2) is 0 Å². The van der Waals surface area contributed by atoms with E-state index in [4.69, 9.17) is 10.2 Å². The second-order valence-corrected chi connectivity index (χ2v) is 11.4. The van der Waals surface area contributed by atoms with Gasteiger partial charge in [-0.1, -0.05) is 5.04 Å². The van der Waals surface area contributed by atoms with Crippen LogP contribution in [0.3, 0.4) is 0 Å². The first-order chi connectivity index (χ1) is 19.3. The fourth-order valence-corrected chi connectivity index (χ4v) is 6.52. The summed E-state index contributed by atoms with van der Waals surface area (Å²) in [6, 6.07) is 15.8. The van der Waals surface area contributed by atoms with Gasteiger partial charge in [-0.2, -0.15) is 8.42 Å². The molecule has 0 saturated carbocycles. The fourth-order valence-electron chi connectivity index (χ4n) is 5.62. The summed E-state index contributed by atoms with van der Waals surface area (Å²) in [5, 5.41) is 15.2. The van der Waals surface area contributed by atoms with Gasteiger partial charge in [-0.15, -0.1) is 4.33 Å². The van der Waals surface area contributed by atoms with Crippen LogP contribution in [-0.2, 0) is 19.5 Å². The van der Waals surface area contributed by atoms with Gasteiger partial charge in [0.25, 0.3) is 21.2 Å². The minimum atomic E-state index is -4.47. The Hall–Kier alpha value is -4.44. The lowest BCUT2D eigenvalue weighted by Gasteiger charge is -2.12. The summed E-state index contributed by atoms with van der Waals surface area (Å²) < 4.78 is 40.3. The number of rotatable bonds is 4. The third-order valence-electron chi connectivity index (χ3n) is 7.22. The molecule has 4 aromatic carbocycles. The maximum atomic E-state index is 13.8. The molecule has 0 radical (unpaired) electrons. The van der Waals surface area contributed by atoms with Gasteiger partial charge in [0.2, 0.25) is 0 Å². The Kier molecular flexibility index (Phi) is 4.58. The van der Waals surface area contributed by atoms with Crippen LogP contribution in [0.5, 0.6) is 0 Å². The van der Waals surface area contributed by atoms with Gasteiger partial charge in [-0.05, 0) is 60.7 Å². The number of nitrogens with zero attached hydrogens (tertiary/aromatic N) is 4. The van der Waals surface area contributed by atoms with E-state index in [1.807, 2.05) is 0 Å². The van der Waals surface area contributed by atoms with Crippen molar-refractivity contribution in [1.82, 2.24) is 18.8 Å². The summed E-state index contributed by atoms with van der Waals surface area (Å²) in [6.07, 6.45) is 0. The summed E-state index contributed by atoms with van der Waals surface area (Å²) in [5.41, 5.74) is 1.69. The zero-order valence-corrected chi connectivity index (χ0v) is 21.4. The Morgan fingerprint density at radius 1 is 0.725 bits per heavy atom. The highest BCUT2D eigenvalue weighted by Gasteiger charge is 2.23. The van der Waals surface area contributed by atoms with Crippen LogP contribution in [0.25, 0.3) is 65.7 Å². The van der Waals surface area contributed by atoms with Crippen LogP contribution in [0.15, 0.2) is 80.0 Å². The van der Waals surface area contributed by atoms with Crippen molar-refractivity contribution in [2.24, 2.45) is 0 Å². The lowest BCUT2D eigenvalue weighted by atomic mass is 9.96. The summed E-state index contributed by atoms with van der Waals surface area (Å²) in [5.74, 6) is 0. The van der Waals surface area contributed by atoms with Gasteiger partial charge in [0.05, 0.1) is 39.0 Å². The molecule has 0 aliphatic heterocycles. The zero-order valence-electron chi connectivity index (χ0n) is 19.7. The predicted octanol–water partition coefficient (Wildman–Crippen LogP) is 4.02. The number of pyridine rings is 2. The molecule has 0 aliphatic rings. The maximum Gasteiger partial charge on any atom is 0.294 e. The number of aromatic nitrogens is 4. The zero-order chi connectivity index (χ0) is 27.5. The SMILES string of the molecule is O=c1c2ccc3c4c(ccc(c24)c2nc4cc(SOOO)ccc4n12)c(=O)n1c2ccc(S(=O)(=O)O)cc2nc31. The molecule has 8 rings (SSSR count). The summed E-state index contributed by atoms with van der Waals surface area (Å²) in [4.78, 5) is 37.1. The summed E-state index contributed by atoms with van der Waals surface area (Å²) in [7, 11) is -4.47. The van der Waals surface area contributed by atoms with E-state index in [2.05, 4.69) is 14.4 Å². The first-order valence-electron chi connectivity index (χ1n) is 11.6. The Labute approximate surface area is 225 Å². The molecule has 8 aromatic rings. The van der Waals surface area contributed by atoms with Crippen molar-refractivity contribution in [3.05, 3.63) is 81.4 Å². The summed E-state index contributed by atoms with van der Waals surface area (Å²) in [6.45, 7) is 0. The molecule has 0 saturated heterocycles. The summed E-state index contributed by atoms with van der Waals surface area (Å²) >= 11 is 0.775. The standard InChI is InChI=1S/C26H12N4O8S2/c31-25-15-6-4-14-22-16(26(32)30-20-8-2-12(40(34,35)36)10-18(20)28-24(14)30)5-3-13(21(15)22)23-27-17-9-11(39-38-37-33)1-7-19(17)29(23)25/h1-10,33H,(H,34,35,36). The van der Waals surface area contributed by atoms with Crippen molar-refractivity contribution in [2.45, 2.75) is 9.79 Å². The van der Waals surface area contributed by atoms with E-state index in [1.165, 1.54) is 27.0 Å². The molecule has 12 nitrogen and oxygen atoms in total. The Morgan fingerprint density at radius 3 is 1.80 bits per heavy atom. The van der Waals surface area contributed by atoms with Gasteiger partial charge >= 0.3 is 0 Å². The Balaban J connectivity index is 1.52. The molecular weight excluding hydrogens is 560 g/mol. The third kappa shape index (κ3) is 2.96. The second-order valence-electron chi connectivity index (χ2n) is 9.23. The minimum Gasteiger partial charge on any atom is -0.282 e. The van der Waals surface area contributed by atoms with Crippen molar-refractivity contribution in [3.8, 4) is 0 Å². The van der Waals surface area contributed by atoms with Gasteiger partial charge in [-0.3, -0.25) is 22.9 Å². The number of fused-ring (bicyclic) bond motifs is 8. The second kappa shape index (κ2) is 7.82. The number of hydrogen-bond acceptors (Lipinski definition) is 10. The molecule has 40 heavy (non-hydrogen) atoms. The van der Waals surface area contributed by atoms with Crippen LogP contribution >= 0.6 is 12.0 Å². The minimum absolute atomic E-state index is 0.220. The molecule has 0 unspecified atom stereocenters. The lowest BCUT2D eigenvalue weighted by Crippen LogP contribution is -2.16. The monoisotopic (exact) mass is 572 g/mol. The highest BCUT2D eigenvalue weighted by atomic mass is 32.2. The van der Waals surface area contributed by atoms with Crippen molar-refractivity contribution >= 4 is 87.8 Å². The lowest BCUT2D eigenvalue weighted by molar-refractivity contribution is -0.432. The molecule has 2 N–H and O–H groups in total. The van der Waals surface area contributed by atoms with Crippen molar-refractivity contribution in [3.63, 3.8) is 0 Å². The van der Waals surface area contributed by atoms with Crippen LogP contribution in [0, 0.1) is 0 Å². The van der Waals surface area contributed by atoms with E-state index in [9.17, 15) is 22.6 Å². The van der Waals surface area contributed by atoms with Gasteiger partial charge < -0.3 is 0 Å². The van der Waals surface area contributed by atoms with E-state index >= 15 is 0 Å². The Bertz CT molecular complexity index is 2610. The molecular formula is C26H12N4O8S2. The molecule has 196 valence electrons. The van der Waals surface area contributed by atoms with Crippen molar-refractivity contribution < 1.29 is 27.6 Å². The molecule has 0 amide bonds. The van der Waals surface area contributed by atoms with Crippen LogP contribution < -0.4 is 11.1 Å². The Morgan fingerprint density at radius 2 is 1.25 bits per heavy atom. The van der Waals surface area contributed by atoms with E-state index < -0.39 is 10.1 Å². The molecule has 0 fully saturated rings. The normalized spacial score (nSPS) is 12.9. The number of hydrogen-bond donors (Lipinski definition) is 2. The molecule has 4 heterocycles. The van der Waals surface area contributed by atoms with Crippen LogP contribution in [-0.4, -0.2) is 37.0 Å². The third-order valence-corrected chi connectivity index (χ3v) is 8.64. The average Bonchev–Trinajstić information content (AvgIpc) is 3.52. The molecule has 0 spiro atoms. The number of imidazole rings is 2. The van der Waals surface area contributed by atoms with Crippen LogP contribution in [0.1, 0.15) is 0 Å². The smallest absolute Gasteiger partial charge is 0.282 e. The van der Waals surface area contributed by atoms with Gasteiger partial charge in [-0.25, -0.2) is 15.2 Å².